The van der Waals surface area contributed by atoms with Crippen LogP contribution in [0.5, 0.6) is 11.5 Å². The second-order valence-corrected chi connectivity index (χ2v) is 6.14. The quantitative estimate of drug-likeness (QED) is 0.628. The fourth-order valence-corrected chi connectivity index (χ4v) is 3.11. The molecule has 2 aromatic rings. The van der Waals surface area contributed by atoms with Gasteiger partial charge in [0.05, 0.1) is 24.3 Å². The van der Waals surface area contributed by atoms with Crippen LogP contribution in [-0.4, -0.2) is 36.5 Å². The number of hydrogen-bond acceptors (Lipinski definition) is 5. The second-order valence-electron chi connectivity index (χ2n) is 6.14. The first kappa shape index (κ1) is 18.1. The largest absolute Gasteiger partial charge is 0.493 e. The van der Waals surface area contributed by atoms with Crippen molar-refractivity contribution < 1.29 is 24.2 Å². The highest BCUT2D eigenvalue weighted by Crippen LogP contribution is 2.37. The average molecular weight is 354 g/mol. The van der Waals surface area contributed by atoms with Crippen molar-refractivity contribution in [2.75, 3.05) is 19.8 Å². The van der Waals surface area contributed by atoms with E-state index < -0.39 is 0 Å². The lowest BCUT2D eigenvalue weighted by molar-refractivity contribution is 0.0971. The number of aliphatic hydroxyl groups is 1. The van der Waals surface area contributed by atoms with Crippen LogP contribution < -0.4 is 9.47 Å². The number of carbonyl (C=O) groups excluding carboxylic acids is 2. The molecule has 5 heteroatoms. The van der Waals surface area contributed by atoms with Crippen LogP contribution in [0, 0.1) is 0 Å². The van der Waals surface area contributed by atoms with Gasteiger partial charge in [0.1, 0.15) is 18.1 Å². The third-order valence-corrected chi connectivity index (χ3v) is 4.35. The Bertz CT molecular complexity index is 825. The van der Waals surface area contributed by atoms with E-state index in [9.17, 15) is 9.59 Å². The molecule has 0 aromatic heterocycles. The summed E-state index contributed by atoms with van der Waals surface area (Å²) in [4.78, 5) is 26.1. The molecule has 0 radical (unpaired) electrons. The van der Waals surface area contributed by atoms with Crippen LogP contribution in [0.1, 0.15) is 58.0 Å². The van der Waals surface area contributed by atoms with E-state index in [1.165, 1.54) is 0 Å². The molecule has 1 aliphatic carbocycles. The lowest BCUT2D eigenvalue weighted by Crippen LogP contribution is -2.23. The summed E-state index contributed by atoms with van der Waals surface area (Å²) < 4.78 is 11.3. The van der Waals surface area contributed by atoms with Crippen molar-refractivity contribution in [3.8, 4) is 11.5 Å². The van der Waals surface area contributed by atoms with Gasteiger partial charge in [0.15, 0.2) is 11.6 Å². The van der Waals surface area contributed by atoms with Gasteiger partial charge in [-0.25, -0.2) is 0 Å². The Labute approximate surface area is 152 Å². The zero-order chi connectivity index (χ0) is 18.5. The predicted molar refractivity (Wildman–Crippen MR) is 97.3 cm³/mol. The predicted octanol–water partition coefficient (Wildman–Crippen LogP) is 3.40. The Hall–Kier alpha value is -2.66. The summed E-state index contributed by atoms with van der Waals surface area (Å²) in [6, 6.07) is 10.0. The molecule has 0 atom stereocenters. The van der Waals surface area contributed by atoms with Gasteiger partial charge in [-0.05, 0) is 18.6 Å². The Morgan fingerprint density at radius 3 is 1.85 bits per heavy atom. The molecule has 26 heavy (non-hydrogen) atoms. The minimum Gasteiger partial charge on any atom is -0.493 e. The van der Waals surface area contributed by atoms with E-state index in [0.717, 1.165) is 19.3 Å². The topological polar surface area (TPSA) is 72.8 Å². The van der Waals surface area contributed by atoms with Crippen molar-refractivity contribution in [3.05, 3.63) is 58.7 Å². The molecule has 0 fully saturated rings. The number of unbranched alkanes of at least 4 members (excludes halogenated alkanes) is 2. The van der Waals surface area contributed by atoms with E-state index in [-0.39, 0.29) is 30.3 Å². The van der Waals surface area contributed by atoms with Crippen LogP contribution in [0.25, 0.3) is 0 Å². The van der Waals surface area contributed by atoms with E-state index in [2.05, 4.69) is 6.92 Å². The molecular weight excluding hydrogens is 332 g/mol. The Morgan fingerprint density at radius 1 is 0.808 bits per heavy atom. The maximum atomic E-state index is 13.1. The maximum Gasteiger partial charge on any atom is 0.198 e. The summed E-state index contributed by atoms with van der Waals surface area (Å²) in [5.74, 6) is 0.261. The summed E-state index contributed by atoms with van der Waals surface area (Å²) in [7, 11) is 0. The lowest BCUT2D eigenvalue weighted by Gasteiger charge is -2.22. The van der Waals surface area contributed by atoms with E-state index in [1.54, 1.807) is 36.4 Å². The van der Waals surface area contributed by atoms with Crippen molar-refractivity contribution in [3.63, 3.8) is 0 Å². The Kier molecular flexibility index (Phi) is 5.68. The minimum absolute atomic E-state index is 0.0609. The minimum atomic E-state index is -0.262. The fraction of sp³-hybridized carbons (Fsp3) is 0.333. The molecule has 0 spiro atoms. The molecule has 0 aliphatic heterocycles. The van der Waals surface area contributed by atoms with Gasteiger partial charge in [-0.3, -0.25) is 9.59 Å². The number of carbonyl (C=O) groups is 2. The molecule has 3 rings (SSSR count). The van der Waals surface area contributed by atoms with Crippen molar-refractivity contribution in [1.82, 2.24) is 0 Å². The monoisotopic (exact) mass is 354 g/mol. The van der Waals surface area contributed by atoms with Crippen LogP contribution >= 0.6 is 0 Å². The summed E-state index contributed by atoms with van der Waals surface area (Å²) in [5.41, 5.74) is 1.21. The molecule has 0 saturated carbocycles. The van der Waals surface area contributed by atoms with E-state index in [4.69, 9.17) is 14.6 Å². The van der Waals surface area contributed by atoms with E-state index in [1.807, 2.05) is 0 Å². The molecule has 5 nitrogen and oxygen atoms in total. The molecular formula is C21H22O5. The fourth-order valence-electron chi connectivity index (χ4n) is 3.11. The van der Waals surface area contributed by atoms with Gasteiger partial charge in [-0.2, -0.15) is 0 Å². The van der Waals surface area contributed by atoms with Crippen molar-refractivity contribution in [2.24, 2.45) is 0 Å². The third-order valence-electron chi connectivity index (χ3n) is 4.35. The number of benzene rings is 2. The maximum absolute atomic E-state index is 13.1. The van der Waals surface area contributed by atoms with Gasteiger partial charge in [-0.15, -0.1) is 0 Å². The van der Waals surface area contributed by atoms with Gasteiger partial charge in [-0.1, -0.05) is 44.0 Å². The van der Waals surface area contributed by atoms with E-state index >= 15 is 0 Å². The van der Waals surface area contributed by atoms with Gasteiger partial charge in [0.25, 0.3) is 0 Å². The first-order valence-corrected chi connectivity index (χ1v) is 8.91. The van der Waals surface area contributed by atoms with Gasteiger partial charge in [0.2, 0.25) is 0 Å². The van der Waals surface area contributed by atoms with Crippen LogP contribution in [0.15, 0.2) is 36.4 Å². The molecule has 2 aromatic carbocycles. The van der Waals surface area contributed by atoms with Crippen LogP contribution in [0.2, 0.25) is 0 Å². The highest BCUT2D eigenvalue weighted by molar-refractivity contribution is 6.30. The molecule has 0 unspecified atom stereocenters. The highest BCUT2D eigenvalue weighted by atomic mass is 16.5. The number of ether oxygens (including phenoxy) is 2. The number of rotatable bonds is 8. The molecule has 1 N–H and O–H groups in total. The Balaban J connectivity index is 1.98. The molecule has 0 bridgehead atoms. The number of fused-ring (bicyclic) bond motifs is 2. The van der Waals surface area contributed by atoms with Gasteiger partial charge < -0.3 is 14.6 Å². The smallest absolute Gasteiger partial charge is 0.198 e. The SMILES string of the molecule is CCCCCOc1cccc2c1C(=O)c1cccc(OCCO)c1C2=O. The summed E-state index contributed by atoms with van der Waals surface area (Å²) in [6.07, 6.45) is 3.03. The van der Waals surface area contributed by atoms with Crippen molar-refractivity contribution in [1.29, 1.82) is 0 Å². The molecule has 1 aliphatic rings. The summed E-state index contributed by atoms with van der Waals surface area (Å²) >= 11 is 0. The van der Waals surface area contributed by atoms with Gasteiger partial charge >= 0.3 is 0 Å². The molecule has 0 saturated heterocycles. The van der Waals surface area contributed by atoms with E-state index in [0.29, 0.717) is 34.8 Å². The van der Waals surface area contributed by atoms with Crippen LogP contribution in [-0.2, 0) is 0 Å². The lowest BCUT2D eigenvalue weighted by atomic mass is 9.83. The van der Waals surface area contributed by atoms with Crippen LogP contribution in [0.4, 0.5) is 0 Å². The normalized spacial score (nSPS) is 12.5. The zero-order valence-electron chi connectivity index (χ0n) is 14.8. The zero-order valence-corrected chi connectivity index (χ0v) is 14.8. The highest BCUT2D eigenvalue weighted by Gasteiger charge is 2.34. The number of ketones is 2. The standard InChI is InChI=1S/C21H22O5/c1-2-3-4-12-25-16-9-5-7-14-18(16)20(23)15-8-6-10-17(26-13-11-22)19(15)21(14)24/h5-10,22H,2-4,11-13H2,1H3. The molecule has 0 amide bonds. The second kappa shape index (κ2) is 8.15. The first-order chi connectivity index (χ1) is 12.7. The summed E-state index contributed by atoms with van der Waals surface area (Å²) in [6.45, 7) is 2.52. The summed E-state index contributed by atoms with van der Waals surface area (Å²) in [5, 5.41) is 8.97. The average Bonchev–Trinajstić information content (AvgIpc) is 2.67. The van der Waals surface area contributed by atoms with Crippen molar-refractivity contribution in [2.45, 2.75) is 26.2 Å². The van der Waals surface area contributed by atoms with Crippen molar-refractivity contribution >= 4 is 11.6 Å². The first-order valence-electron chi connectivity index (χ1n) is 8.91. The van der Waals surface area contributed by atoms with Gasteiger partial charge in [0, 0.05) is 11.1 Å². The number of hydrogen-bond donors (Lipinski definition) is 1. The van der Waals surface area contributed by atoms with Crippen LogP contribution in [0.3, 0.4) is 0 Å². The molecule has 136 valence electrons. The molecule has 0 heterocycles. The number of aliphatic hydroxyl groups excluding tert-OH is 1. The Morgan fingerprint density at radius 2 is 1.35 bits per heavy atom. The third kappa shape index (κ3) is 3.35.